The molecule has 0 saturated carbocycles. The number of alkyl halides is 3. The standard InChI is InChI=1S/C22H27F3N4O2/c1-15(17-3-5-19(6-4-17)22(23,24)25)11-20(30)29-9-7-16(8-10-29)12-26-21(31)18-13-27-28(2)14-18/h3-6,13-16H,7-12H2,1-2H3,(H,26,31). The summed E-state index contributed by atoms with van der Waals surface area (Å²) in [6.07, 6.45) is 0.678. The summed E-state index contributed by atoms with van der Waals surface area (Å²) in [7, 11) is 1.75. The number of carbonyl (C=O) groups is 2. The molecule has 1 aromatic heterocycles. The van der Waals surface area contributed by atoms with Gasteiger partial charge in [0.2, 0.25) is 5.91 Å². The zero-order chi connectivity index (χ0) is 22.6. The molecular weight excluding hydrogens is 409 g/mol. The molecule has 0 aliphatic carbocycles. The van der Waals surface area contributed by atoms with Crippen molar-refractivity contribution < 1.29 is 22.8 Å². The minimum absolute atomic E-state index is 0.00486. The van der Waals surface area contributed by atoms with E-state index in [1.807, 2.05) is 6.92 Å². The first-order valence-electron chi connectivity index (χ1n) is 10.3. The summed E-state index contributed by atoms with van der Waals surface area (Å²) in [6.45, 7) is 3.64. The van der Waals surface area contributed by atoms with E-state index in [-0.39, 0.29) is 24.2 Å². The summed E-state index contributed by atoms with van der Waals surface area (Å²) in [5.74, 6) is -0.00880. The number of aromatic nitrogens is 2. The lowest BCUT2D eigenvalue weighted by atomic mass is 9.93. The van der Waals surface area contributed by atoms with Crippen LogP contribution in [0.5, 0.6) is 0 Å². The topological polar surface area (TPSA) is 67.2 Å². The van der Waals surface area contributed by atoms with E-state index in [0.717, 1.165) is 25.0 Å². The van der Waals surface area contributed by atoms with E-state index in [2.05, 4.69) is 10.4 Å². The SMILES string of the molecule is CC(CC(=O)N1CCC(CNC(=O)c2cnn(C)c2)CC1)c1ccc(C(F)(F)F)cc1. The fourth-order valence-electron chi connectivity index (χ4n) is 3.77. The van der Waals surface area contributed by atoms with Crippen molar-refractivity contribution in [3.8, 4) is 0 Å². The van der Waals surface area contributed by atoms with Gasteiger partial charge >= 0.3 is 6.18 Å². The molecule has 1 saturated heterocycles. The van der Waals surface area contributed by atoms with E-state index < -0.39 is 11.7 Å². The number of amides is 2. The predicted molar refractivity (Wildman–Crippen MR) is 109 cm³/mol. The molecule has 0 radical (unpaired) electrons. The highest BCUT2D eigenvalue weighted by atomic mass is 19.4. The van der Waals surface area contributed by atoms with E-state index in [4.69, 9.17) is 0 Å². The van der Waals surface area contributed by atoms with Crippen molar-refractivity contribution in [1.82, 2.24) is 20.0 Å². The lowest BCUT2D eigenvalue weighted by Gasteiger charge is -2.32. The van der Waals surface area contributed by atoms with E-state index in [1.165, 1.54) is 18.3 Å². The molecule has 0 spiro atoms. The number of nitrogens with zero attached hydrogens (tertiary/aromatic N) is 3. The molecule has 1 atom stereocenters. The second-order valence-electron chi connectivity index (χ2n) is 8.16. The molecule has 3 rings (SSSR count). The monoisotopic (exact) mass is 436 g/mol. The molecule has 1 unspecified atom stereocenters. The van der Waals surface area contributed by atoms with Gasteiger partial charge in [-0.1, -0.05) is 19.1 Å². The van der Waals surface area contributed by atoms with E-state index in [1.54, 1.807) is 22.8 Å². The molecule has 168 valence electrons. The fraction of sp³-hybridized carbons (Fsp3) is 0.500. The third-order valence-corrected chi connectivity index (χ3v) is 5.77. The van der Waals surface area contributed by atoms with Crippen LogP contribution in [0.3, 0.4) is 0 Å². The molecule has 2 aromatic rings. The molecule has 1 aliphatic rings. The van der Waals surface area contributed by atoms with Gasteiger partial charge in [0.15, 0.2) is 0 Å². The van der Waals surface area contributed by atoms with Gasteiger partial charge in [0.1, 0.15) is 0 Å². The van der Waals surface area contributed by atoms with Crippen LogP contribution in [0.1, 0.15) is 53.6 Å². The Kier molecular flexibility index (Phi) is 7.02. The van der Waals surface area contributed by atoms with Crippen molar-refractivity contribution in [3.63, 3.8) is 0 Å². The van der Waals surface area contributed by atoms with Crippen molar-refractivity contribution in [3.05, 3.63) is 53.3 Å². The van der Waals surface area contributed by atoms with Crippen molar-refractivity contribution >= 4 is 11.8 Å². The number of likely N-dealkylation sites (tertiary alicyclic amines) is 1. The summed E-state index contributed by atoms with van der Waals surface area (Å²) in [4.78, 5) is 26.6. The molecule has 9 heteroatoms. The maximum atomic E-state index is 12.7. The van der Waals surface area contributed by atoms with E-state index in [9.17, 15) is 22.8 Å². The van der Waals surface area contributed by atoms with E-state index >= 15 is 0 Å². The molecule has 0 bridgehead atoms. The van der Waals surface area contributed by atoms with Crippen LogP contribution >= 0.6 is 0 Å². The van der Waals surface area contributed by atoms with Crippen LogP contribution in [-0.4, -0.2) is 46.1 Å². The van der Waals surface area contributed by atoms with Crippen molar-refractivity contribution in [2.45, 2.75) is 38.3 Å². The van der Waals surface area contributed by atoms with Gasteiger partial charge in [-0.15, -0.1) is 0 Å². The average Bonchev–Trinajstić information content (AvgIpc) is 3.18. The molecule has 1 fully saturated rings. The van der Waals surface area contributed by atoms with Gasteiger partial charge in [0, 0.05) is 39.3 Å². The van der Waals surface area contributed by atoms with Crippen LogP contribution in [-0.2, 0) is 18.0 Å². The second-order valence-corrected chi connectivity index (χ2v) is 8.16. The number of hydrogen-bond acceptors (Lipinski definition) is 3. The third kappa shape index (κ3) is 6.08. The largest absolute Gasteiger partial charge is 0.416 e. The highest BCUT2D eigenvalue weighted by molar-refractivity contribution is 5.93. The number of hydrogen-bond donors (Lipinski definition) is 1. The smallest absolute Gasteiger partial charge is 0.352 e. The number of carbonyl (C=O) groups excluding carboxylic acids is 2. The van der Waals surface area contributed by atoms with Crippen LogP contribution in [0.25, 0.3) is 0 Å². The molecule has 1 aliphatic heterocycles. The van der Waals surface area contributed by atoms with Gasteiger partial charge in [-0.3, -0.25) is 14.3 Å². The highest BCUT2D eigenvalue weighted by Gasteiger charge is 2.30. The molecule has 1 N–H and O–H groups in total. The number of piperidine rings is 1. The fourth-order valence-corrected chi connectivity index (χ4v) is 3.77. The Hall–Kier alpha value is -2.84. The Morgan fingerprint density at radius 2 is 1.84 bits per heavy atom. The summed E-state index contributed by atoms with van der Waals surface area (Å²) in [6, 6.07) is 5.00. The number of benzene rings is 1. The van der Waals surface area contributed by atoms with Crippen molar-refractivity contribution in [1.29, 1.82) is 0 Å². The minimum Gasteiger partial charge on any atom is -0.352 e. The van der Waals surface area contributed by atoms with Gasteiger partial charge in [0.25, 0.3) is 5.91 Å². The molecule has 6 nitrogen and oxygen atoms in total. The number of rotatable bonds is 6. The Balaban J connectivity index is 1.43. The maximum absolute atomic E-state index is 12.7. The summed E-state index contributed by atoms with van der Waals surface area (Å²) in [5.41, 5.74) is 0.550. The van der Waals surface area contributed by atoms with Crippen LogP contribution < -0.4 is 5.32 Å². The Morgan fingerprint density at radius 3 is 2.39 bits per heavy atom. The third-order valence-electron chi connectivity index (χ3n) is 5.77. The van der Waals surface area contributed by atoms with Gasteiger partial charge in [-0.2, -0.15) is 18.3 Å². The zero-order valence-corrected chi connectivity index (χ0v) is 17.7. The average molecular weight is 436 g/mol. The minimum atomic E-state index is -4.36. The molecule has 1 aromatic carbocycles. The summed E-state index contributed by atoms with van der Waals surface area (Å²) >= 11 is 0. The molecule has 31 heavy (non-hydrogen) atoms. The van der Waals surface area contributed by atoms with Crippen LogP contribution in [0.15, 0.2) is 36.7 Å². The second kappa shape index (κ2) is 9.53. The molecule has 2 amide bonds. The predicted octanol–water partition coefficient (Wildman–Crippen LogP) is 3.60. The van der Waals surface area contributed by atoms with Crippen LogP contribution in [0.4, 0.5) is 13.2 Å². The van der Waals surface area contributed by atoms with Crippen LogP contribution in [0.2, 0.25) is 0 Å². The first-order chi connectivity index (χ1) is 14.6. The summed E-state index contributed by atoms with van der Waals surface area (Å²) in [5, 5.41) is 6.90. The Morgan fingerprint density at radius 1 is 1.19 bits per heavy atom. The van der Waals surface area contributed by atoms with Crippen LogP contribution in [0, 0.1) is 5.92 Å². The molecule has 2 heterocycles. The van der Waals surface area contributed by atoms with Gasteiger partial charge in [-0.05, 0) is 42.4 Å². The Bertz CT molecular complexity index is 900. The lowest BCUT2D eigenvalue weighted by molar-refractivity contribution is -0.137. The van der Waals surface area contributed by atoms with Gasteiger partial charge in [0.05, 0.1) is 17.3 Å². The number of halogens is 3. The lowest BCUT2D eigenvalue weighted by Crippen LogP contribution is -2.41. The number of nitrogens with one attached hydrogen (secondary N) is 1. The normalized spacial score (nSPS) is 16.2. The van der Waals surface area contributed by atoms with Crippen molar-refractivity contribution in [2.75, 3.05) is 19.6 Å². The molecular formula is C22H27F3N4O2. The van der Waals surface area contributed by atoms with Gasteiger partial charge < -0.3 is 10.2 Å². The Labute approximate surface area is 179 Å². The van der Waals surface area contributed by atoms with Crippen molar-refractivity contribution in [2.24, 2.45) is 13.0 Å². The van der Waals surface area contributed by atoms with Gasteiger partial charge in [-0.25, -0.2) is 0 Å². The quantitative estimate of drug-likeness (QED) is 0.753. The first kappa shape index (κ1) is 22.8. The highest BCUT2D eigenvalue weighted by Crippen LogP contribution is 2.31. The maximum Gasteiger partial charge on any atom is 0.416 e. The zero-order valence-electron chi connectivity index (χ0n) is 17.7. The number of aryl methyl sites for hydroxylation is 1. The van der Waals surface area contributed by atoms with E-state index in [0.29, 0.717) is 36.7 Å². The first-order valence-corrected chi connectivity index (χ1v) is 10.3. The summed E-state index contributed by atoms with van der Waals surface area (Å²) < 4.78 is 39.7.